The van der Waals surface area contributed by atoms with Gasteiger partial charge in [-0.2, -0.15) is 0 Å². The van der Waals surface area contributed by atoms with Crippen LogP contribution in [0.4, 0.5) is 34.1 Å². The number of aromatic nitrogens is 2. The summed E-state index contributed by atoms with van der Waals surface area (Å²) in [5, 5.41) is 30.3. The van der Waals surface area contributed by atoms with Gasteiger partial charge in [0.05, 0.1) is 32.0 Å². The minimum Gasteiger partial charge on any atom is -0.357 e. The number of nitrogens with zero attached hydrogens (tertiary/aromatic N) is 5. The maximum Gasteiger partial charge on any atom is 0.284 e. The highest BCUT2D eigenvalue weighted by atomic mass is 127. The largest absolute Gasteiger partial charge is 0.357 e. The summed E-state index contributed by atoms with van der Waals surface area (Å²) in [6.45, 7) is 0. The van der Waals surface area contributed by atoms with E-state index in [-0.39, 0.29) is 35.2 Å². The molecule has 212 valence electrons. The van der Waals surface area contributed by atoms with Gasteiger partial charge in [-0.15, -0.1) is 24.0 Å². The number of rotatable bonds is 7. The molecule has 0 aliphatic heterocycles. The van der Waals surface area contributed by atoms with Crippen LogP contribution in [-0.2, 0) is 14.1 Å². The molecule has 0 spiro atoms. The predicted octanol–water partition coefficient (Wildman–Crippen LogP) is 5.67. The fraction of sp³-hybridized carbons (Fsp3) is 0.0690. The van der Waals surface area contributed by atoms with E-state index in [0.29, 0.717) is 28.1 Å². The highest BCUT2D eigenvalue weighted by Crippen LogP contribution is 2.31. The number of pyridine rings is 2. The SMILES string of the molecule is Cn1ccc(=Nc2ccc(NC(=O)c3ccc(Nc4cc[n+](C)c5ccc([N+](=O)[O-])cc45)cc3[N+](=O)[O-])cc2)cc1.I. The van der Waals surface area contributed by atoms with Crippen molar-refractivity contribution in [1.82, 2.24) is 4.57 Å². The van der Waals surface area contributed by atoms with Crippen LogP contribution in [0.2, 0.25) is 0 Å². The Morgan fingerprint density at radius 1 is 0.881 bits per heavy atom. The summed E-state index contributed by atoms with van der Waals surface area (Å²) in [6, 6.07) is 20.9. The maximum absolute atomic E-state index is 13.0. The van der Waals surface area contributed by atoms with Gasteiger partial charge < -0.3 is 15.2 Å². The Bertz CT molecular complexity index is 1890. The molecule has 0 atom stereocenters. The second-order valence-corrected chi connectivity index (χ2v) is 9.25. The number of carbonyl (C=O) groups excluding carboxylic acids is 1. The predicted molar refractivity (Wildman–Crippen MR) is 169 cm³/mol. The highest BCUT2D eigenvalue weighted by molar-refractivity contribution is 14.0. The lowest BCUT2D eigenvalue weighted by Crippen LogP contribution is -2.28. The summed E-state index contributed by atoms with van der Waals surface area (Å²) in [5.41, 5.74) is 2.13. The average Bonchev–Trinajstić information content (AvgIpc) is 2.96. The molecular formula is C29H25IN7O5+. The normalized spacial score (nSPS) is 10.4. The molecule has 0 aliphatic rings. The van der Waals surface area contributed by atoms with Crippen molar-refractivity contribution in [1.29, 1.82) is 0 Å². The Balaban J connectivity index is 0.00000405. The number of non-ortho nitro benzene ring substituents is 1. The molecule has 0 saturated carbocycles. The van der Waals surface area contributed by atoms with Crippen LogP contribution in [0.3, 0.4) is 0 Å². The molecule has 2 heterocycles. The van der Waals surface area contributed by atoms with Crippen molar-refractivity contribution >= 4 is 74.9 Å². The fourth-order valence-corrected chi connectivity index (χ4v) is 4.27. The lowest BCUT2D eigenvalue weighted by atomic mass is 10.1. The minimum absolute atomic E-state index is 0. The first kappa shape index (κ1) is 29.8. The number of amides is 1. The highest BCUT2D eigenvalue weighted by Gasteiger charge is 2.22. The first-order valence-electron chi connectivity index (χ1n) is 12.4. The number of hydrogen-bond acceptors (Lipinski definition) is 7. The van der Waals surface area contributed by atoms with Crippen molar-refractivity contribution in [3.8, 4) is 0 Å². The third-order valence-electron chi connectivity index (χ3n) is 6.39. The Kier molecular flexibility index (Phi) is 8.90. The Hall–Kier alpha value is -5.18. The molecule has 1 amide bonds. The Morgan fingerprint density at radius 3 is 2.24 bits per heavy atom. The van der Waals surface area contributed by atoms with Crippen molar-refractivity contribution < 1.29 is 19.2 Å². The Labute approximate surface area is 256 Å². The third-order valence-corrected chi connectivity index (χ3v) is 6.39. The number of carbonyl (C=O) groups is 1. The smallest absolute Gasteiger partial charge is 0.284 e. The van der Waals surface area contributed by atoms with E-state index in [1.165, 1.54) is 24.3 Å². The molecule has 3 aromatic carbocycles. The standard InChI is InChI=1S/C29H23N7O5.HI/c1-33-14-11-21(12-15-33)30-19-3-5-20(6-4-19)32-29(37)24-9-7-22(17-28(24)36(40)41)31-26-13-16-34(2)27-10-8-23(35(38)39)18-25(26)27;/h3-18H,1-2H3,(H,32,37);1H/p+1. The van der Waals surface area contributed by atoms with E-state index < -0.39 is 21.4 Å². The second-order valence-electron chi connectivity index (χ2n) is 9.25. The van der Waals surface area contributed by atoms with Crippen molar-refractivity contribution in [3.63, 3.8) is 0 Å². The molecule has 2 aromatic heterocycles. The summed E-state index contributed by atoms with van der Waals surface area (Å²) in [6.07, 6.45) is 5.54. The van der Waals surface area contributed by atoms with E-state index >= 15 is 0 Å². The van der Waals surface area contributed by atoms with Crippen LogP contribution in [0.25, 0.3) is 10.9 Å². The van der Waals surface area contributed by atoms with Gasteiger partial charge in [-0.1, -0.05) is 0 Å². The molecule has 0 aliphatic carbocycles. The summed E-state index contributed by atoms with van der Waals surface area (Å²) in [5.74, 6) is -0.642. The fourth-order valence-electron chi connectivity index (χ4n) is 4.27. The van der Waals surface area contributed by atoms with Crippen LogP contribution in [0, 0.1) is 20.2 Å². The van der Waals surface area contributed by atoms with Crippen molar-refractivity contribution in [2.24, 2.45) is 19.1 Å². The quantitative estimate of drug-likeness (QED) is 0.0982. The molecular weight excluding hydrogens is 653 g/mol. The van der Waals surface area contributed by atoms with Crippen molar-refractivity contribution in [3.05, 3.63) is 129 Å². The van der Waals surface area contributed by atoms with Crippen LogP contribution in [0.1, 0.15) is 10.4 Å². The summed E-state index contributed by atoms with van der Waals surface area (Å²) in [7, 11) is 3.72. The molecule has 42 heavy (non-hydrogen) atoms. The summed E-state index contributed by atoms with van der Waals surface area (Å²) < 4.78 is 3.71. The zero-order valence-corrected chi connectivity index (χ0v) is 24.8. The monoisotopic (exact) mass is 678 g/mol. The number of halogens is 1. The zero-order valence-electron chi connectivity index (χ0n) is 22.4. The number of nitrogens with one attached hydrogen (secondary N) is 2. The van der Waals surface area contributed by atoms with Crippen LogP contribution in [-0.4, -0.2) is 20.3 Å². The van der Waals surface area contributed by atoms with E-state index in [9.17, 15) is 25.0 Å². The number of fused-ring (bicyclic) bond motifs is 1. The summed E-state index contributed by atoms with van der Waals surface area (Å²) >= 11 is 0. The third kappa shape index (κ3) is 6.58. The van der Waals surface area contributed by atoms with Gasteiger partial charge in [0.2, 0.25) is 5.52 Å². The van der Waals surface area contributed by atoms with Gasteiger partial charge >= 0.3 is 0 Å². The number of aryl methyl sites for hydroxylation is 2. The molecule has 5 rings (SSSR count). The van der Waals surface area contributed by atoms with Gasteiger partial charge in [0.1, 0.15) is 12.6 Å². The Morgan fingerprint density at radius 2 is 1.57 bits per heavy atom. The number of anilines is 3. The van der Waals surface area contributed by atoms with Crippen LogP contribution >= 0.6 is 24.0 Å². The van der Waals surface area contributed by atoms with Gasteiger partial charge in [-0.25, -0.2) is 9.56 Å². The van der Waals surface area contributed by atoms with Gasteiger partial charge in [-0.05, 0) is 48.5 Å². The van der Waals surface area contributed by atoms with Gasteiger partial charge in [0.15, 0.2) is 6.20 Å². The lowest BCUT2D eigenvalue weighted by Gasteiger charge is -2.11. The molecule has 0 bridgehead atoms. The molecule has 0 fully saturated rings. The number of benzene rings is 3. The lowest BCUT2D eigenvalue weighted by molar-refractivity contribution is -0.644. The van der Waals surface area contributed by atoms with Crippen molar-refractivity contribution in [2.75, 3.05) is 10.6 Å². The number of nitro benzene ring substituents is 2. The number of hydrogen-bond donors (Lipinski definition) is 2. The van der Waals surface area contributed by atoms with Crippen LogP contribution in [0.5, 0.6) is 0 Å². The zero-order chi connectivity index (χ0) is 29.1. The van der Waals surface area contributed by atoms with E-state index in [1.807, 2.05) is 47.8 Å². The first-order chi connectivity index (χ1) is 19.7. The second kappa shape index (κ2) is 12.6. The minimum atomic E-state index is -0.642. The van der Waals surface area contributed by atoms with Gasteiger partial charge in [0.25, 0.3) is 17.3 Å². The van der Waals surface area contributed by atoms with E-state index in [0.717, 1.165) is 10.9 Å². The molecule has 0 saturated heterocycles. The van der Waals surface area contributed by atoms with Gasteiger partial charge in [-0.3, -0.25) is 25.0 Å². The van der Waals surface area contributed by atoms with Crippen molar-refractivity contribution in [2.45, 2.75) is 0 Å². The van der Waals surface area contributed by atoms with Gasteiger partial charge in [0, 0.05) is 61.1 Å². The molecule has 12 nitrogen and oxygen atoms in total. The maximum atomic E-state index is 13.0. The molecule has 2 N–H and O–H groups in total. The van der Waals surface area contributed by atoms with E-state index in [4.69, 9.17) is 0 Å². The van der Waals surface area contributed by atoms with E-state index in [1.54, 1.807) is 48.7 Å². The topological polar surface area (TPSA) is 149 Å². The average molecular weight is 678 g/mol. The first-order valence-corrected chi connectivity index (χ1v) is 12.4. The molecule has 0 unspecified atom stereocenters. The van der Waals surface area contributed by atoms with E-state index in [2.05, 4.69) is 15.6 Å². The molecule has 13 heteroatoms. The summed E-state index contributed by atoms with van der Waals surface area (Å²) in [4.78, 5) is 39.6. The number of nitro groups is 2. The van der Waals surface area contributed by atoms with Crippen LogP contribution in [0.15, 0.2) is 102 Å². The van der Waals surface area contributed by atoms with Crippen LogP contribution < -0.4 is 20.6 Å². The molecule has 0 radical (unpaired) electrons. The molecule has 5 aromatic rings.